The van der Waals surface area contributed by atoms with Gasteiger partial charge in [0.05, 0.1) is 27.7 Å². The number of likely N-dealkylation sites (tertiary alicyclic amines) is 1. The monoisotopic (exact) mass is 609 g/mol. The van der Waals surface area contributed by atoms with Crippen molar-refractivity contribution in [1.82, 2.24) is 24.6 Å². The van der Waals surface area contributed by atoms with Crippen LogP contribution in [0, 0.1) is 6.92 Å². The van der Waals surface area contributed by atoms with E-state index in [0.717, 1.165) is 11.3 Å². The fourth-order valence-corrected chi connectivity index (χ4v) is 7.58. The van der Waals surface area contributed by atoms with Crippen LogP contribution in [0.5, 0.6) is 0 Å². The quantitative estimate of drug-likeness (QED) is 0.270. The van der Waals surface area contributed by atoms with Crippen molar-refractivity contribution in [2.45, 2.75) is 44.4 Å². The van der Waals surface area contributed by atoms with Crippen LogP contribution >= 0.6 is 22.9 Å². The van der Waals surface area contributed by atoms with E-state index in [0.29, 0.717) is 64.2 Å². The molecule has 0 saturated carbocycles. The standard InChI is InChI=1S/C30H26ClF2N5O3S/c1-18-20(14-36-11-8-29(9-12-36)25-23(13-24(31)42-25)30(32,33)17-41-29)16-38(35-18)26-19(5-4-10-34-26)15-37-27(39)21-6-2-3-7-22(21)28(37)40/h2-7,10,13,16H,8-9,11-12,14-15,17H2,1H3. The van der Waals surface area contributed by atoms with Gasteiger partial charge in [0.15, 0.2) is 5.82 Å². The predicted octanol–water partition coefficient (Wildman–Crippen LogP) is 5.70. The molecule has 42 heavy (non-hydrogen) atoms. The molecule has 0 aliphatic carbocycles. The average Bonchev–Trinajstić information content (AvgIpc) is 3.64. The van der Waals surface area contributed by atoms with Gasteiger partial charge in [-0.05, 0) is 44.0 Å². The van der Waals surface area contributed by atoms with E-state index < -0.39 is 18.1 Å². The predicted molar refractivity (Wildman–Crippen MR) is 152 cm³/mol. The highest BCUT2D eigenvalue weighted by molar-refractivity contribution is 7.16. The average molecular weight is 610 g/mol. The molecule has 12 heteroatoms. The van der Waals surface area contributed by atoms with Crippen molar-refractivity contribution in [3.63, 3.8) is 0 Å². The maximum atomic E-state index is 14.5. The first kappa shape index (κ1) is 27.3. The molecular formula is C30H26ClF2N5O3S. The minimum Gasteiger partial charge on any atom is -0.363 e. The summed E-state index contributed by atoms with van der Waals surface area (Å²) in [7, 11) is 0. The fraction of sp³-hybridized carbons (Fsp3) is 0.333. The zero-order valence-electron chi connectivity index (χ0n) is 22.6. The molecule has 1 aromatic carbocycles. The van der Waals surface area contributed by atoms with E-state index in [9.17, 15) is 18.4 Å². The molecule has 0 atom stereocenters. The summed E-state index contributed by atoms with van der Waals surface area (Å²) in [5.41, 5.74) is 2.59. The van der Waals surface area contributed by atoms with Gasteiger partial charge in [-0.2, -0.15) is 13.9 Å². The van der Waals surface area contributed by atoms with E-state index in [1.165, 1.54) is 22.3 Å². The molecule has 0 N–H and O–H groups in total. The summed E-state index contributed by atoms with van der Waals surface area (Å²) in [5.74, 6) is -3.14. The number of piperidine rings is 1. The Hall–Kier alpha value is -3.51. The lowest BCUT2D eigenvalue weighted by molar-refractivity contribution is -0.182. The molecule has 216 valence electrons. The summed E-state index contributed by atoms with van der Waals surface area (Å²) in [4.78, 5) is 34.5. The number of imide groups is 1. The molecular weight excluding hydrogens is 584 g/mol. The maximum absolute atomic E-state index is 14.5. The molecule has 6 heterocycles. The number of aromatic nitrogens is 3. The Kier molecular flexibility index (Phi) is 6.54. The van der Waals surface area contributed by atoms with Crippen LogP contribution in [0.4, 0.5) is 8.78 Å². The molecule has 4 aromatic rings. The van der Waals surface area contributed by atoms with Crippen LogP contribution < -0.4 is 0 Å². The summed E-state index contributed by atoms with van der Waals surface area (Å²) < 4.78 is 36.9. The number of fused-ring (bicyclic) bond motifs is 3. The molecule has 3 aromatic heterocycles. The van der Waals surface area contributed by atoms with Crippen molar-refractivity contribution in [2.75, 3.05) is 19.7 Å². The molecule has 0 radical (unpaired) electrons. The lowest BCUT2D eigenvalue weighted by atomic mass is 9.84. The highest BCUT2D eigenvalue weighted by atomic mass is 35.5. The summed E-state index contributed by atoms with van der Waals surface area (Å²) in [6.45, 7) is 3.32. The number of ether oxygens (including phenoxy) is 1. The third-order valence-electron chi connectivity index (χ3n) is 8.39. The van der Waals surface area contributed by atoms with Crippen molar-refractivity contribution < 1.29 is 23.1 Å². The van der Waals surface area contributed by atoms with Gasteiger partial charge < -0.3 is 4.74 Å². The Morgan fingerprint density at radius 1 is 1.02 bits per heavy atom. The number of amides is 2. The summed E-state index contributed by atoms with van der Waals surface area (Å²) in [6.07, 6.45) is 4.75. The highest BCUT2D eigenvalue weighted by Gasteiger charge is 2.51. The Morgan fingerprint density at radius 2 is 1.74 bits per heavy atom. The summed E-state index contributed by atoms with van der Waals surface area (Å²) in [6, 6.07) is 11.8. The van der Waals surface area contributed by atoms with Crippen LogP contribution in [0.25, 0.3) is 5.82 Å². The van der Waals surface area contributed by atoms with E-state index in [4.69, 9.17) is 21.4 Å². The smallest absolute Gasteiger partial charge is 0.297 e. The normalized spacial score (nSPS) is 19.4. The largest absolute Gasteiger partial charge is 0.363 e. The molecule has 8 nitrogen and oxygen atoms in total. The first-order valence-corrected chi connectivity index (χ1v) is 14.8. The molecule has 7 rings (SSSR count). The molecule has 1 fully saturated rings. The SMILES string of the molecule is Cc1nn(-c2ncccc2CN2C(=O)c3ccccc3C2=O)cc1CN1CCC2(CC1)OCC(F)(F)c1cc(Cl)sc12. The zero-order chi connectivity index (χ0) is 29.2. The number of pyridine rings is 1. The van der Waals surface area contributed by atoms with Crippen LogP contribution in [-0.2, 0) is 29.3 Å². The number of hydrogen-bond acceptors (Lipinski definition) is 7. The van der Waals surface area contributed by atoms with Crippen LogP contribution in [0.3, 0.4) is 0 Å². The molecule has 2 amide bonds. The Bertz CT molecular complexity index is 1690. The second-order valence-electron chi connectivity index (χ2n) is 11.0. The van der Waals surface area contributed by atoms with Crippen LogP contribution in [0.15, 0.2) is 54.9 Å². The summed E-state index contributed by atoms with van der Waals surface area (Å²) in [5, 5.41) is 4.71. The molecule has 0 bridgehead atoms. The van der Waals surface area contributed by atoms with Crippen LogP contribution in [0.2, 0.25) is 4.34 Å². The van der Waals surface area contributed by atoms with Crippen molar-refractivity contribution in [3.8, 4) is 5.82 Å². The maximum Gasteiger partial charge on any atom is 0.297 e. The van der Waals surface area contributed by atoms with Crippen LogP contribution in [-0.4, -0.2) is 56.1 Å². The third kappa shape index (κ3) is 4.46. The van der Waals surface area contributed by atoms with Gasteiger partial charge in [-0.1, -0.05) is 29.8 Å². The van der Waals surface area contributed by atoms with Gasteiger partial charge in [-0.3, -0.25) is 19.4 Å². The number of benzene rings is 1. The van der Waals surface area contributed by atoms with Gasteiger partial charge in [0, 0.05) is 53.6 Å². The molecule has 3 aliphatic heterocycles. The second-order valence-corrected chi connectivity index (χ2v) is 12.7. The van der Waals surface area contributed by atoms with E-state index in [-0.39, 0.29) is 23.9 Å². The van der Waals surface area contributed by atoms with Crippen molar-refractivity contribution in [1.29, 1.82) is 0 Å². The fourth-order valence-electron chi connectivity index (χ4n) is 6.10. The van der Waals surface area contributed by atoms with Gasteiger partial charge in [-0.15, -0.1) is 11.3 Å². The van der Waals surface area contributed by atoms with Crippen LogP contribution in [0.1, 0.15) is 60.8 Å². The number of aryl methyl sites for hydroxylation is 1. The number of nitrogens with zero attached hydrogens (tertiary/aromatic N) is 5. The lowest BCUT2D eigenvalue weighted by Gasteiger charge is -2.45. The number of carbonyl (C=O) groups excluding carboxylic acids is 2. The zero-order valence-corrected chi connectivity index (χ0v) is 24.2. The Morgan fingerprint density at radius 3 is 2.45 bits per heavy atom. The first-order chi connectivity index (χ1) is 20.1. The number of thiophene rings is 1. The van der Waals surface area contributed by atoms with Gasteiger partial charge in [0.2, 0.25) is 0 Å². The Balaban J connectivity index is 1.07. The number of halogens is 3. The topological polar surface area (TPSA) is 80.6 Å². The molecule has 1 saturated heterocycles. The summed E-state index contributed by atoms with van der Waals surface area (Å²) >= 11 is 7.34. The van der Waals surface area contributed by atoms with E-state index in [2.05, 4.69) is 9.88 Å². The number of rotatable bonds is 5. The number of carbonyl (C=O) groups is 2. The first-order valence-electron chi connectivity index (χ1n) is 13.6. The highest BCUT2D eigenvalue weighted by Crippen LogP contribution is 2.52. The van der Waals surface area contributed by atoms with E-state index in [1.54, 1.807) is 41.2 Å². The molecule has 0 unspecified atom stereocenters. The van der Waals surface area contributed by atoms with Crippen molar-refractivity contribution in [3.05, 3.63) is 97.6 Å². The van der Waals surface area contributed by atoms with Gasteiger partial charge in [0.25, 0.3) is 17.7 Å². The van der Waals surface area contributed by atoms with E-state index in [1.807, 2.05) is 19.2 Å². The molecule has 3 aliphatic rings. The lowest BCUT2D eigenvalue weighted by Crippen LogP contribution is -2.48. The minimum atomic E-state index is -3.03. The van der Waals surface area contributed by atoms with E-state index >= 15 is 0 Å². The Labute approximate surface area is 249 Å². The second kappa shape index (κ2) is 10.0. The minimum absolute atomic E-state index is 0.00157. The van der Waals surface area contributed by atoms with Gasteiger partial charge in [-0.25, -0.2) is 9.67 Å². The number of hydrogen-bond donors (Lipinski definition) is 0. The third-order valence-corrected chi connectivity index (χ3v) is 9.84. The van der Waals surface area contributed by atoms with Gasteiger partial charge >= 0.3 is 0 Å². The van der Waals surface area contributed by atoms with Crippen molar-refractivity contribution in [2.24, 2.45) is 0 Å². The molecule has 1 spiro atoms. The van der Waals surface area contributed by atoms with Crippen molar-refractivity contribution >= 4 is 34.8 Å². The van der Waals surface area contributed by atoms with Gasteiger partial charge in [0.1, 0.15) is 12.2 Å². The number of alkyl halides is 2.